The topological polar surface area (TPSA) is 15.3 Å². The number of hydrogen-bond donors (Lipinski definition) is 1. The first-order valence-corrected chi connectivity index (χ1v) is 7.63. The van der Waals surface area contributed by atoms with Crippen LogP contribution in [0.4, 0.5) is 10.1 Å². The van der Waals surface area contributed by atoms with Gasteiger partial charge in [0.1, 0.15) is 5.82 Å². The molecular formula is C17H29FN2. The van der Waals surface area contributed by atoms with E-state index in [4.69, 9.17) is 0 Å². The first-order valence-electron chi connectivity index (χ1n) is 7.63. The van der Waals surface area contributed by atoms with E-state index >= 15 is 0 Å². The maximum Gasteiger partial charge on any atom is 0.146 e. The van der Waals surface area contributed by atoms with Gasteiger partial charge in [-0.05, 0) is 37.4 Å². The van der Waals surface area contributed by atoms with E-state index < -0.39 is 0 Å². The van der Waals surface area contributed by atoms with Crippen LogP contribution in [-0.4, -0.2) is 25.7 Å². The van der Waals surface area contributed by atoms with Gasteiger partial charge in [0.25, 0.3) is 0 Å². The Hall–Kier alpha value is -1.09. The number of para-hydroxylation sites is 1. The van der Waals surface area contributed by atoms with Gasteiger partial charge in [-0.1, -0.05) is 39.8 Å². The molecule has 1 aromatic carbocycles. The summed E-state index contributed by atoms with van der Waals surface area (Å²) >= 11 is 0. The van der Waals surface area contributed by atoms with Gasteiger partial charge in [-0.3, -0.25) is 0 Å². The van der Waals surface area contributed by atoms with E-state index in [-0.39, 0.29) is 11.2 Å². The fourth-order valence-electron chi connectivity index (χ4n) is 2.53. The number of hydrogen-bond acceptors (Lipinski definition) is 2. The molecule has 0 fully saturated rings. The van der Waals surface area contributed by atoms with Crippen molar-refractivity contribution in [2.24, 2.45) is 5.41 Å². The second kappa shape index (κ2) is 7.63. The Morgan fingerprint density at radius 1 is 1.20 bits per heavy atom. The third-order valence-electron chi connectivity index (χ3n) is 3.76. The first-order chi connectivity index (χ1) is 9.40. The summed E-state index contributed by atoms with van der Waals surface area (Å²) < 4.78 is 13.9. The molecule has 0 saturated carbocycles. The Bertz CT molecular complexity index is 398. The monoisotopic (exact) mass is 280 g/mol. The highest BCUT2D eigenvalue weighted by atomic mass is 19.1. The summed E-state index contributed by atoms with van der Waals surface area (Å²) in [6, 6.07) is 7.46. The maximum atomic E-state index is 13.9. The minimum Gasteiger partial charge on any atom is -0.369 e. The lowest BCUT2D eigenvalue weighted by atomic mass is 9.84. The fourth-order valence-corrected chi connectivity index (χ4v) is 2.53. The van der Waals surface area contributed by atoms with Gasteiger partial charge in [0.15, 0.2) is 0 Å². The van der Waals surface area contributed by atoms with E-state index in [1.165, 1.54) is 6.07 Å². The molecule has 0 aliphatic carbocycles. The van der Waals surface area contributed by atoms with Crippen LogP contribution in [0, 0.1) is 11.2 Å². The Morgan fingerprint density at radius 3 is 2.35 bits per heavy atom. The minimum absolute atomic E-state index is 0.134. The van der Waals surface area contributed by atoms with Gasteiger partial charge >= 0.3 is 0 Å². The van der Waals surface area contributed by atoms with Gasteiger partial charge in [-0.15, -0.1) is 0 Å². The van der Waals surface area contributed by atoms with Crippen molar-refractivity contribution in [1.29, 1.82) is 0 Å². The summed E-state index contributed by atoms with van der Waals surface area (Å²) in [7, 11) is 0. The second-order valence-electron chi connectivity index (χ2n) is 6.30. The second-order valence-corrected chi connectivity index (χ2v) is 6.30. The lowest BCUT2D eigenvalue weighted by Gasteiger charge is -2.34. The predicted molar refractivity (Wildman–Crippen MR) is 85.8 cm³/mol. The van der Waals surface area contributed by atoms with E-state index in [2.05, 4.69) is 44.8 Å². The molecule has 3 heteroatoms. The third kappa shape index (κ3) is 4.78. The number of rotatable bonds is 7. The molecule has 1 N–H and O–H groups in total. The van der Waals surface area contributed by atoms with Crippen molar-refractivity contribution in [3.63, 3.8) is 0 Å². The van der Waals surface area contributed by atoms with Crippen molar-refractivity contribution in [1.82, 2.24) is 5.32 Å². The van der Waals surface area contributed by atoms with Crippen molar-refractivity contribution in [3.05, 3.63) is 30.1 Å². The average Bonchev–Trinajstić information content (AvgIpc) is 2.38. The van der Waals surface area contributed by atoms with Crippen LogP contribution < -0.4 is 10.2 Å². The molecule has 1 unspecified atom stereocenters. The molecule has 1 rings (SSSR count). The summed E-state index contributed by atoms with van der Waals surface area (Å²) in [5, 5.41) is 3.55. The zero-order valence-corrected chi connectivity index (χ0v) is 13.5. The lowest BCUT2D eigenvalue weighted by molar-refractivity contribution is 0.259. The molecule has 0 radical (unpaired) electrons. The highest BCUT2D eigenvalue weighted by molar-refractivity contribution is 5.47. The van der Waals surface area contributed by atoms with Crippen LogP contribution in [0.15, 0.2) is 24.3 Å². The molecule has 20 heavy (non-hydrogen) atoms. The van der Waals surface area contributed by atoms with E-state index in [0.717, 1.165) is 26.1 Å². The molecule has 114 valence electrons. The zero-order valence-electron chi connectivity index (χ0n) is 13.5. The predicted octanol–water partition coefficient (Wildman–Crippen LogP) is 4.07. The van der Waals surface area contributed by atoms with E-state index in [0.29, 0.717) is 11.7 Å². The van der Waals surface area contributed by atoms with Crippen LogP contribution in [-0.2, 0) is 0 Å². The van der Waals surface area contributed by atoms with E-state index in [1.54, 1.807) is 6.07 Å². The summed E-state index contributed by atoms with van der Waals surface area (Å²) in [5.41, 5.74) is 0.921. The molecule has 0 aliphatic rings. The smallest absolute Gasteiger partial charge is 0.146 e. The van der Waals surface area contributed by atoms with Gasteiger partial charge in [-0.25, -0.2) is 4.39 Å². The maximum absolute atomic E-state index is 13.9. The van der Waals surface area contributed by atoms with Crippen LogP contribution in [0.25, 0.3) is 0 Å². The molecule has 0 spiro atoms. The first kappa shape index (κ1) is 17.0. The number of nitrogens with zero attached hydrogens (tertiary/aromatic N) is 1. The van der Waals surface area contributed by atoms with Crippen molar-refractivity contribution in [2.45, 2.75) is 47.1 Å². The van der Waals surface area contributed by atoms with Crippen molar-refractivity contribution < 1.29 is 4.39 Å². The van der Waals surface area contributed by atoms with Crippen LogP contribution in [0.2, 0.25) is 0 Å². The summed E-state index contributed by atoms with van der Waals surface area (Å²) in [5.74, 6) is -0.134. The molecule has 0 amide bonds. The minimum atomic E-state index is -0.134. The standard InChI is InChI=1S/C17H29FN2/c1-6-19-16(17(3,4)5)12-13-20(7-2)15-11-9-8-10-14(15)18/h8-11,16,19H,6-7,12-13H2,1-5H3. The average molecular weight is 280 g/mol. The van der Waals surface area contributed by atoms with E-state index in [1.807, 2.05) is 12.1 Å². The number of nitrogens with one attached hydrogen (secondary N) is 1. The molecule has 0 bridgehead atoms. The van der Waals surface area contributed by atoms with Crippen LogP contribution in [0.3, 0.4) is 0 Å². The van der Waals surface area contributed by atoms with Gasteiger partial charge in [0, 0.05) is 19.1 Å². The molecule has 1 aromatic rings. The van der Waals surface area contributed by atoms with Gasteiger partial charge in [-0.2, -0.15) is 0 Å². The Kier molecular flexibility index (Phi) is 6.47. The summed E-state index contributed by atoms with van der Waals surface area (Å²) in [4.78, 5) is 2.12. The van der Waals surface area contributed by atoms with Crippen LogP contribution >= 0.6 is 0 Å². The van der Waals surface area contributed by atoms with Crippen LogP contribution in [0.1, 0.15) is 41.0 Å². The molecule has 0 aromatic heterocycles. The molecule has 1 atom stereocenters. The number of anilines is 1. The number of benzene rings is 1. The van der Waals surface area contributed by atoms with Crippen molar-refractivity contribution in [3.8, 4) is 0 Å². The highest BCUT2D eigenvalue weighted by Crippen LogP contribution is 2.24. The lowest BCUT2D eigenvalue weighted by Crippen LogP contribution is -2.43. The largest absolute Gasteiger partial charge is 0.369 e. The van der Waals surface area contributed by atoms with Crippen LogP contribution in [0.5, 0.6) is 0 Å². The quantitative estimate of drug-likeness (QED) is 0.810. The number of halogens is 1. The van der Waals surface area contributed by atoms with Gasteiger partial charge in [0.2, 0.25) is 0 Å². The molecular weight excluding hydrogens is 251 g/mol. The Balaban J connectivity index is 2.72. The Labute approximate surface area is 123 Å². The fraction of sp³-hybridized carbons (Fsp3) is 0.647. The summed E-state index contributed by atoms with van der Waals surface area (Å²) in [6.45, 7) is 13.6. The van der Waals surface area contributed by atoms with Crippen molar-refractivity contribution in [2.75, 3.05) is 24.5 Å². The molecule has 0 heterocycles. The van der Waals surface area contributed by atoms with Gasteiger partial charge in [0.05, 0.1) is 5.69 Å². The van der Waals surface area contributed by atoms with Crippen molar-refractivity contribution >= 4 is 5.69 Å². The third-order valence-corrected chi connectivity index (χ3v) is 3.76. The molecule has 0 saturated heterocycles. The molecule has 0 aliphatic heterocycles. The normalized spacial score (nSPS) is 13.3. The molecule has 2 nitrogen and oxygen atoms in total. The van der Waals surface area contributed by atoms with E-state index in [9.17, 15) is 4.39 Å². The summed E-state index contributed by atoms with van der Waals surface area (Å²) in [6.07, 6.45) is 1.01. The Morgan fingerprint density at radius 2 is 1.85 bits per heavy atom. The van der Waals surface area contributed by atoms with Gasteiger partial charge < -0.3 is 10.2 Å². The SMILES string of the molecule is CCNC(CCN(CC)c1ccccc1F)C(C)(C)C. The zero-order chi connectivity index (χ0) is 15.2. The highest BCUT2D eigenvalue weighted by Gasteiger charge is 2.24.